The monoisotopic (exact) mass is 465 g/mol. The van der Waals surface area contributed by atoms with Crippen LogP contribution in [0.2, 0.25) is 0 Å². The molecule has 0 atom stereocenters. The largest absolute Gasteiger partial charge is 0.434 e. The summed E-state index contributed by atoms with van der Waals surface area (Å²) in [6.07, 6.45) is -4.44. The van der Waals surface area contributed by atoms with Crippen LogP contribution in [0.1, 0.15) is 24.5 Å². The van der Waals surface area contributed by atoms with Gasteiger partial charge in [0.1, 0.15) is 11.6 Å². The summed E-state index contributed by atoms with van der Waals surface area (Å²) in [7, 11) is 0. The number of hydrogen-bond acceptors (Lipinski definition) is 4. The van der Waals surface area contributed by atoms with Crippen LogP contribution in [0, 0.1) is 0 Å². The Bertz CT molecular complexity index is 521. The van der Waals surface area contributed by atoms with E-state index in [0.717, 1.165) is 16.7 Å². The zero-order valence-electron chi connectivity index (χ0n) is 12.7. The molecular formula is C12H19F3IN5OS. The third kappa shape index (κ3) is 8.34. The van der Waals surface area contributed by atoms with E-state index in [4.69, 9.17) is 0 Å². The smallest absolute Gasteiger partial charge is 0.357 e. The van der Waals surface area contributed by atoms with Crippen molar-refractivity contribution in [3.05, 3.63) is 16.1 Å². The maximum atomic E-state index is 12.4. The van der Waals surface area contributed by atoms with Gasteiger partial charge in [-0.05, 0) is 13.8 Å². The Balaban J connectivity index is 0.00000484. The van der Waals surface area contributed by atoms with Gasteiger partial charge in [-0.1, -0.05) is 0 Å². The van der Waals surface area contributed by atoms with Crippen molar-refractivity contribution in [3.8, 4) is 0 Å². The molecule has 1 heterocycles. The first kappa shape index (κ1) is 21.9. The predicted octanol–water partition coefficient (Wildman–Crippen LogP) is 1.97. The number of carbonyl (C=O) groups is 1. The van der Waals surface area contributed by atoms with Crippen LogP contribution < -0.4 is 16.0 Å². The molecule has 0 aromatic carbocycles. The number of alkyl halides is 3. The highest BCUT2D eigenvalue weighted by Gasteiger charge is 2.33. The first-order valence-electron chi connectivity index (χ1n) is 6.67. The number of aliphatic imine (C=N–C) groups is 1. The summed E-state index contributed by atoms with van der Waals surface area (Å²) >= 11 is 0.913. The molecule has 1 aromatic rings. The highest BCUT2D eigenvalue weighted by atomic mass is 127. The fraction of sp³-hybridized carbons (Fsp3) is 0.583. The lowest BCUT2D eigenvalue weighted by Crippen LogP contribution is -2.38. The van der Waals surface area contributed by atoms with Gasteiger partial charge in [0.2, 0.25) is 5.91 Å². The first-order valence-corrected chi connectivity index (χ1v) is 7.55. The minimum Gasteiger partial charge on any atom is -0.357 e. The number of amides is 1. The van der Waals surface area contributed by atoms with Crippen LogP contribution in [-0.4, -0.2) is 36.5 Å². The molecule has 0 aliphatic rings. The van der Waals surface area contributed by atoms with E-state index in [1.807, 2.05) is 6.92 Å². The lowest BCUT2D eigenvalue weighted by molar-refractivity contribution is -0.140. The van der Waals surface area contributed by atoms with Gasteiger partial charge in [-0.25, -0.2) is 9.98 Å². The van der Waals surface area contributed by atoms with Crippen molar-refractivity contribution in [2.45, 2.75) is 26.6 Å². The molecule has 0 aliphatic heterocycles. The number of halogens is 4. The van der Waals surface area contributed by atoms with Gasteiger partial charge >= 0.3 is 6.18 Å². The fourth-order valence-electron chi connectivity index (χ4n) is 1.43. The average molecular weight is 465 g/mol. The van der Waals surface area contributed by atoms with E-state index in [9.17, 15) is 18.0 Å². The highest BCUT2D eigenvalue weighted by molar-refractivity contribution is 14.0. The maximum absolute atomic E-state index is 12.4. The van der Waals surface area contributed by atoms with Gasteiger partial charge in [-0.2, -0.15) is 13.2 Å². The second-order valence-corrected chi connectivity index (χ2v) is 5.07. The normalized spacial score (nSPS) is 11.6. The molecule has 0 spiro atoms. The molecule has 11 heteroatoms. The van der Waals surface area contributed by atoms with E-state index < -0.39 is 11.9 Å². The van der Waals surface area contributed by atoms with Crippen LogP contribution in [0.4, 0.5) is 13.2 Å². The number of nitrogens with zero attached hydrogens (tertiary/aromatic N) is 2. The second kappa shape index (κ2) is 10.6. The van der Waals surface area contributed by atoms with E-state index in [1.54, 1.807) is 6.92 Å². The molecule has 0 unspecified atom stereocenters. The second-order valence-electron chi connectivity index (χ2n) is 4.13. The molecule has 1 rings (SSSR count). The summed E-state index contributed by atoms with van der Waals surface area (Å²) in [4.78, 5) is 18.9. The summed E-state index contributed by atoms with van der Waals surface area (Å²) in [5.74, 6) is 0.117. The van der Waals surface area contributed by atoms with Crippen molar-refractivity contribution in [1.82, 2.24) is 20.9 Å². The molecule has 6 nitrogen and oxygen atoms in total. The lowest BCUT2D eigenvalue weighted by atomic mass is 10.5. The molecule has 0 radical (unpaired) electrons. The molecule has 1 amide bonds. The lowest BCUT2D eigenvalue weighted by Gasteiger charge is -2.10. The van der Waals surface area contributed by atoms with Crippen molar-refractivity contribution in [3.63, 3.8) is 0 Å². The molecule has 0 bridgehead atoms. The summed E-state index contributed by atoms with van der Waals surface area (Å²) in [5.41, 5.74) is -0.904. The molecule has 0 aliphatic carbocycles. The van der Waals surface area contributed by atoms with Crippen LogP contribution in [-0.2, 0) is 17.5 Å². The average Bonchev–Trinajstić information content (AvgIpc) is 2.91. The van der Waals surface area contributed by atoms with Gasteiger partial charge in [0.15, 0.2) is 11.7 Å². The van der Waals surface area contributed by atoms with Gasteiger partial charge in [0.25, 0.3) is 0 Å². The summed E-state index contributed by atoms with van der Waals surface area (Å²) < 4.78 is 37.3. The highest BCUT2D eigenvalue weighted by Crippen LogP contribution is 2.29. The van der Waals surface area contributed by atoms with Gasteiger partial charge < -0.3 is 16.0 Å². The third-order valence-corrected chi connectivity index (χ3v) is 3.20. The molecule has 1 aromatic heterocycles. The molecule has 23 heavy (non-hydrogen) atoms. The molecular weight excluding hydrogens is 446 g/mol. The number of hydrogen-bond donors (Lipinski definition) is 3. The minimum absolute atomic E-state index is 0. The van der Waals surface area contributed by atoms with Crippen molar-refractivity contribution >= 4 is 47.2 Å². The van der Waals surface area contributed by atoms with Crippen LogP contribution >= 0.6 is 35.3 Å². The number of thiazole rings is 1. The summed E-state index contributed by atoms with van der Waals surface area (Å²) in [5, 5.41) is 9.60. The van der Waals surface area contributed by atoms with Gasteiger partial charge in [0.05, 0.1) is 6.54 Å². The Kier molecular flexibility index (Phi) is 10.1. The minimum atomic E-state index is -4.44. The van der Waals surface area contributed by atoms with E-state index in [1.165, 1.54) is 0 Å². The molecule has 132 valence electrons. The van der Waals surface area contributed by atoms with Gasteiger partial charge in [-0.3, -0.25) is 4.79 Å². The van der Waals surface area contributed by atoms with Crippen molar-refractivity contribution in [2.24, 2.45) is 4.99 Å². The summed E-state index contributed by atoms with van der Waals surface area (Å²) in [6.45, 7) is 4.75. The van der Waals surface area contributed by atoms with Gasteiger partial charge in [0, 0.05) is 18.5 Å². The standard InChI is InChI=1S/C12H18F3N5OS.HI/c1-3-16-9(21)5-18-11(17-4-2)19-6-10-20-8(7-22-10)12(13,14)15;/h7H,3-6H2,1-2H3,(H,16,21)(H2,17,18,19);1H. The number of nitrogens with one attached hydrogen (secondary N) is 3. The SMILES string of the molecule is CCNC(=O)CN=C(NCC)NCc1nc(C(F)(F)F)cs1.I. The van der Waals surface area contributed by atoms with E-state index in [-0.39, 0.29) is 48.0 Å². The Morgan fingerprint density at radius 1 is 1.26 bits per heavy atom. The number of likely N-dealkylation sites (N-methyl/N-ethyl adjacent to an activating group) is 1. The Morgan fingerprint density at radius 3 is 2.43 bits per heavy atom. The quantitative estimate of drug-likeness (QED) is 0.341. The molecule has 0 fully saturated rings. The van der Waals surface area contributed by atoms with Crippen LogP contribution in [0.3, 0.4) is 0 Å². The Labute approximate surface area is 153 Å². The topological polar surface area (TPSA) is 78.4 Å². The fourth-order valence-corrected chi connectivity index (χ4v) is 2.17. The number of rotatable bonds is 6. The zero-order chi connectivity index (χ0) is 16.6. The number of guanidine groups is 1. The zero-order valence-corrected chi connectivity index (χ0v) is 15.8. The van der Waals surface area contributed by atoms with E-state index >= 15 is 0 Å². The van der Waals surface area contributed by atoms with Crippen LogP contribution in [0.25, 0.3) is 0 Å². The van der Waals surface area contributed by atoms with Crippen LogP contribution in [0.15, 0.2) is 10.4 Å². The number of carbonyl (C=O) groups excluding carboxylic acids is 1. The van der Waals surface area contributed by atoms with Crippen molar-refractivity contribution in [1.29, 1.82) is 0 Å². The van der Waals surface area contributed by atoms with Gasteiger partial charge in [-0.15, -0.1) is 35.3 Å². The predicted molar refractivity (Wildman–Crippen MR) is 94.0 cm³/mol. The molecule has 3 N–H and O–H groups in total. The maximum Gasteiger partial charge on any atom is 0.434 e. The van der Waals surface area contributed by atoms with Crippen LogP contribution in [0.5, 0.6) is 0 Å². The van der Waals surface area contributed by atoms with Crippen molar-refractivity contribution in [2.75, 3.05) is 19.6 Å². The van der Waals surface area contributed by atoms with Crippen molar-refractivity contribution < 1.29 is 18.0 Å². The first-order chi connectivity index (χ1) is 10.4. The Hall–Kier alpha value is -1.11. The summed E-state index contributed by atoms with van der Waals surface area (Å²) in [6, 6.07) is 0. The molecule has 0 saturated carbocycles. The van der Waals surface area contributed by atoms with E-state index in [2.05, 4.69) is 25.9 Å². The Morgan fingerprint density at radius 2 is 1.91 bits per heavy atom. The molecule has 0 saturated heterocycles. The number of aromatic nitrogens is 1. The van der Waals surface area contributed by atoms with E-state index in [0.29, 0.717) is 19.0 Å². The third-order valence-electron chi connectivity index (χ3n) is 2.35.